The molecular formula is C16H13NO4S. The lowest BCUT2D eigenvalue weighted by molar-refractivity contribution is 0.0691. The summed E-state index contributed by atoms with van der Waals surface area (Å²) in [6.07, 6.45) is 1.68. The molecule has 6 heteroatoms. The van der Waals surface area contributed by atoms with Gasteiger partial charge < -0.3 is 14.3 Å². The lowest BCUT2D eigenvalue weighted by atomic mass is 10.1. The Hall–Kier alpha value is -2.60. The average molecular weight is 315 g/mol. The molecule has 5 nitrogen and oxygen atoms in total. The number of aromatic carboxylic acids is 1. The van der Waals surface area contributed by atoms with Gasteiger partial charge in [0.15, 0.2) is 16.5 Å². The van der Waals surface area contributed by atoms with Crippen LogP contribution in [0.25, 0.3) is 21.7 Å². The number of rotatable bonds is 5. The molecule has 0 aliphatic rings. The van der Waals surface area contributed by atoms with E-state index >= 15 is 0 Å². The van der Waals surface area contributed by atoms with Crippen molar-refractivity contribution < 1.29 is 19.1 Å². The Labute approximate surface area is 130 Å². The van der Waals surface area contributed by atoms with Gasteiger partial charge in [-0.1, -0.05) is 18.7 Å². The zero-order chi connectivity index (χ0) is 15.7. The number of aromatic nitrogens is 1. The summed E-state index contributed by atoms with van der Waals surface area (Å²) < 4.78 is 11.5. The first-order valence-corrected chi connectivity index (χ1v) is 7.44. The van der Waals surface area contributed by atoms with Crippen LogP contribution in [0.5, 0.6) is 5.75 Å². The zero-order valence-corrected chi connectivity index (χ0v) is 12.6. The quantitative estimate of drug-likeness (QED) is 0.717. The molecule has 0 spiro atoms. The normalized spacial score (nSPS) is 10.8. The van der Waals surface area contributed by atoms with Crippen molar-refractivity contribution in [3.8, 4) is 16.5 Å². The number of hydrogen-bond donors (Lipinski definition) is 1. The minimum Gasteiger partial charge on any atom is -0.489 e. The van der Waals surface area contributed by atoms with Crippen LogP contribution in [-0.2, 0) is 0 Å². The van der Waals surface area contributed by atoms with Gasteiger partial charge in [0.25, 0.3) is 0 Å². The van der Waals surface area contributed by atoms with Crippen molar-refractivity contribution in [3.63, 3.8) is 0 Å². The highest BCUT2D eigenvalue weighted by Gasteiger charge is 2.19. The molecule has 0 aliphatic heterocycles. The molecule has 2 aromatic heterocycles. The van der Waals surface area contributed by atoms with Crippen LogP contribution in [0, 0.1) is 6.92 Å². The van der Waals surface area contributed by atoms with Crippen LogP contribution in [-0.4, -0.2) is 22.7 Å². The van der Waals surface area contributed by atoms with Crippen LogP contribution < -0.4 is 4.74 Å². The van der Waals surface area contributed by atoms with E-state index in [0.29, 0.717) is 28.7 Å². The summed E-state index contributed by atoms with van der Waals surface area (Å²) in [7, 11) is 0. The maximum Gasteiger partial charge on any atom is 0.355 e. The van der Waals surface area contributed by atoms with Gasteiger partial charge >= 0.3 is 5.97 Å². The highest BCUT2D eigenvalue weighted by atomic mass is 32.1. The number of carboxylic acid groups (broad SMARTS) is 1. The molecule has 0 fully saturated rings. The Morgan fingerprint density at radius 2 is 2.36 bits per heavy atom. The third-order valence-corrected chi connectivity index (χ3v) is 4.03. The van der Waals surface area contributed by atoms with Crippen molar-refractivity contribution in [2.24, 2.45) is 0 Å². The molecule has 0 saturated carbocycles. The molecule has 1 N–H and O–H groups in total. The fourth-order valence-electron chi connectivity index (χ4n) is 2.21. The molecule has 3 rings (SSSR count). The number of furan rings is 1. The molecular weight excluding hydrogens is 302 g/mol. The van der Waals surface area contributed by atoms with Crippen molar-refractivity contribution in [2.75, 3.05) is 6.61 Å². The predicted octanol–water partition coefficient (Wildman–Crippen LogP) is 4.13. The van der Waals surface area contributed by atoms with E-state index in [-0.39, 0.29) is 5.69 Å². The first-order chi connectivity index (χ1) is 10.6. The smallest absolute Gasteiger partial charge is 0.355 e. The summed E-state index contributed by atoms with van der Waals surface area (Å²) in [5.74, 6) is 0.230. The van der Waals surface area contributed by atoms with E-state index in [1.54, 1.807) is 6.08 Å². The summed E-state index contributed by atoms with van der Waals surface area (Å²) in [5, 5.41) is 11.9. The van der Waals surface area contributed by atoms with Gasteiger partial charge in [0.2, 0.25) is 0 Å². The molecule has 0 radical (unpaired) electrons. The van der Waals surface area contributed by atoms with Crippen LogP contribution in [0.15, 0.2) is 40.7 Å². The SMILES string of the molecule is C=CCOc1cccc2oc(-c3nc(C(=O)O)cs3)c(C)c12. The Morgan fingerprint density at radius 1 is 1.55 bits per heavy atom. The fraction of sp³-hybridized carbons (Fsp3) is 0.125. The number of fused-ring (bicyclic) bond motifs is 1. The minimum atomic E-state index is -1.05. The predicted molar refractivity (Wildman–Crippen MR) is 84.7 cm³/mol. The monoisotopic (exact) mass is 315 g/mol. The van der Waals surface area contributed by atoms with E-state index in [2.05, 4.69) is 11.6 Å². The van der Waals surface area contributed by atoms with Crippen LogP contribution in [0.4, 0.5) is 0 Å². The Balaban J connectivity index is 2.12. The molecule has 3 aromatic rings. The number of benzene rings is 1. The molecule has 0 aliphatic carbocycles. The molecule has 0 unspecified atom stereocenters. The van der Waals surface area contributed by atoms with Gasteiger partial charge in [-0.15, -0.1) is 11.3 Å². The highest BCUT2D eigenvalue weighted by molar-refractivity contribution is 7.13. The maximum absolute atomic E-state index is 11.0. The molecule has 2 heterocycles. The van der Waals surface area contributed by atoms with Gasteiger partial charge in [-0.2, -0.15) is 0 Å². The second-order valence-corrected chi connectivity index (χ2v) is 5.49. The molecule has 0 amide bonds. The summed E-state index contributed by atoms with van der Waals surface area (Å²) in [6, 6.07) is 5.55. The minimum absolute atomic E-state index is 0.0167. The lowest BCUT2D eigenvalue weighted by Gasteiger charge is -2.04. The van der Waals surface area contributed by atoms with Gasteiger partial charge in [0.1, 0.15) is 17.9 Å². The van der Waals surface area contributed by atoms with E-state index in [0.717, 1.165) is 10.9 Å². The molecule has 112 valence electrons. The molecule has 0 saturated heterocycles. The maximum atomic E-state index is 11.0. The third kappa shape index (κ3) is 2.37. The second kappa shape index (κ2) is 5.65. The van der Waals surface area contributed by atoms with E-state index < -0.39 is 5.97 Å². The fourth-order valence-corrected chi connectivity index (χ4v) is 3.04. The average Bonchev–Trinajstić information content (AvgIpc) is 3.10. The van der Waals surface area contributed by atoms with Gasteiger partial charge in [0.05, 0.1) is 5.39 Å². The number of aryl methyl sites for hydroxylation is 1. The van der Waals surface area contributed by atoms with Crippen molar-refractivity contribution in [1.82, 2.24) is 4.98 Å². The lowest BCUT2D eigenvalue weighted by Crippen LogP contribution is -1.95. The van der Waals surface area contributed by atoms with E-state index in [4.69, 9.17) is 14.3 Å². The van der Waals surface area contributed by atoms with Crippen molar-refractivity contribution >= 4 is 28.3 Å². The number of thiazole rings is 1. The molecule has 1 aromatic carbocycles. The second-order valence-electron chi connectivity index (χ2n) is 4.63. The highest BCUT2D eigenvalue weighted by Crippen LogP contribution is 2.38. The van der Waals surface area contributed by atoms with Gasteiger partial charge in [-0.25, -0.2) is 9.78 Å². The summed E-state index contributed by atoms with van der Waals surface area (Å²) in [4.78, 5) is 15.1. The standard InChI is InChI=1S/C16H13NO4S/c1-3-7-20-11-5-4-6-12-13(11)9(2)14(21-12)15-17-10(8-22-15)16(18)19/h3-6,8H,1,7H2,2H3,(H,18,19). The van der Waals surface area contributed by atoms with Crippen molar-refractivity contribution in [1.29, 1.82) is 0 Å². The molecule has 0 bridgehead atoms. The Morgan fingerprint density at radius 3 is 3.05 bits per heavy atom. The van der Waals surface area contributed by atoms with Gasteiger partial charge in [0, 0.05) is 10.9 Å². The van der Waals surface area contributed by atoms with Crippen LogP contribution in [0.1, 0.15) is 16.1 Å². The van der Waals surface area contributed by atoms with Crippen molar-refractivity contribution in [2.45, 2.75) is 6.92 Å². The number of hydrogen-bond acceptors (Lipinski definition) is 5. The van der Waals surface area contributed by atoms with Crippen LogP contribution >= 0.6 is 11.3 Å². The largest absolute Gasteiger partial charge is 0.489 e. The topological polar surface area (TPSA) is 72.6 Å². The summed E-state index contributed by atoms with van der Waals surface area (Å²) in [5.41, 5.74) is 1.57. The molecule has 0 atom stereocenters. The van der Waals surface area contributed by atoms with Crippen molar-refractivity contribution in [3.05, 3.63) is 47.5 Å². The number of carbonyl (C=O) groups is 1. The van der Waals surface area contributed by atoms with E-state index in [1.165, 1.54) is 16.7 Å². The van der Waals surface area contributed by atoms with Crippen LogP contribution in [0.2, 0.25) is 0 Å². The summed E-state index contributed by atoms with van der Waals surface area (Å²) >= 11 is 1.24. The third-order valence-electron chi connectivity index (χ3n) is 3.19. The Kier molecular flexibility index (Phi) is 3.68. The van der Waals surface area contributed by atoms with E-state index in [1.807, 2.05) is 25.1 Å². The van der Waals surface area contributed by atoms with Gasteiger partial charge in [-0.3, -0.25) is 0 Å². The number of carboxylic acids is 1. The summed E-state index contributed by atoms with van der Waals surface area (Å²) in [6.45, 7) is 5.95. The van der Waals surface area contributed by atoms with Crippen LogP contribution in [0.3, 0.4) is 0 Å². The van der Waals surface area contributed by atoms with E-state index in [9.17, 15) is 4.79 Å². The van der Waals surface area contributed by atoms with Gasteiger partial charge in [-0.05, 0) is 19.1 Å². The Bertz CT molecular complexity index is 862. The molecule has 22 heavy (non-hydrogen) atoms. The number of ether oxygens (including phenoxy) is 1. The first kappa shape index (κ1) is 14.3. The first-order valence-electron chi connectivity index (χ1n) is 6.57. The number of nitrogens with zero attached hydrogens (tertiary/aromatic N) is 1. The zero-order valence-electron chi connectivity index (χ0n) is 11.8.